The van der Waals surface area contributed by atoms with Crippen molar-refractivity contribution in [1.29, 1.82) is 0 Å². The zero-order chi connectivity index (χ0) is 19.6. The third kappa shape index (κ3) is 4.09. The zero-order valence-electron chi connectivity index (χ0n) is 16.0. The molecule has 0 aliphatic heterocycles. The standard InChI is InChI=1S/C20H24N4O2S/c1-14-8-9-18(13-15(14)2)27(25,26)22-12-10-19-16(3)23-24(17(19)4)20-7-5-6-11-21-20/h5-9,11,13,22H,10,12H2,1-4H3. The fourth-order valence-corrected chi connectivity index (χ4v) is 4.13. The monoisotopic (exact) mass is 384 g/mol. The van der Waals surface area contributed by atoms with E-state index in [2.05, 4.69) is 14.8 Å². The molecule has 1 aromatic carbocycles. The van der Waals surface area contributed by atoms with E-state index in [1.807, 2.05) is 52.0 Å². The Morgan fingerprint density at radius 1 is 1.04 bits per heavy atom. The molecule has 0 spiro atoms. The van der Waals surface area contributed by atoms with Gasteiger partial charge in [-0.05, 0) is 75.1 Å². The normalized spacial score (nSPS) is 11.7. The van der Waals surface area contributed by atoms with Crippen LogP contribution in [0.25, 0.3) is 5.82 Å². The first-order valence-corrected chi connectivity index (χ1v) is 10.3. The number of pyridine rings is 1. The second kappa shape index (κ2) is 7.62. The predicted octanol–water partition coefficient (Wildman–Crippen LogP) is 3.02. The van der Waals surface area contributed by atoms with Crippen molar-refractivity contribution in [3.8, 4) is 5.82 Å². The Bertz CT molecular complexity index is 1060. The summed E-state index contributed by atoms with van der Waals surface area (Å²) in [5.74, 6) is 0.750. The van der Waals surface area contributed by atoms with Crippen LogP contribution in [0.4, 0.5) is 0 Å². The molecule has 3 rings (SSSR count). The maximum absolute atomic E-state index is 12.5. The topological polar surface area (TPSA) is 76.9 Å². The van der Waals surface area contributed by atoms with Crippen molar-refractivity contribution in [1.82, 2.24) is 19.5 Å². The van der Waals surface area contributed by atoms with Gasteiger partial charge in [-0.15, -0.1) is 0 Å². The van der Waals surface area contributed by atoms with Gasteiger partial charge in [0.05, 0.1) is 10.6 Å². The van der Waals surface area contributed by atoms with Crippen molar-refractivity contribution in [2.45, 2.75) is 39.0 Å². The average molecular weight is 385 g/mol. The number of sulfonamides is 1. The van der Waals surface area contributed by atoms with Gasteiger partial charge in [0.1, 0.15) is 0 Å². The first kappa shape index (κ1) is 19.3. The van der Waals surface area contributed by atoms with Gasteiger partial charge in [0.2, 0.25) is 10.0 Å². The molecule has 3 aromatic rings. The molecule has 0 bridgehead atoms. The van der Waals surface area contributed by atoms with Crippen molar-refractivity contribution in [3.63, 3.8) is 0 Å². The Kier molecular flexibility index (Phi) is 5.43. The second-order valence-electron chi connectivity index (χ2n) is 6.64. The van der Waals surface area contributed by atoms with E-state index in [9.17, 15) is 8.42 Å². The quantitative estimate of drug-likeness (QED) is 0.709. The summed E-state index contributed by atoms with van der Waals surface area (Å²) in [5, 5.41) is 4.55. The predicted molar refractivity (Wildman–Crippen MR) is 106 cm³/mol. The van der Waals surface area contributed by atoms with Crippen LogP contribution in [0.5, 0.6) is 0 Å². The van der Waals surface area contributed by atoms with Gasteiger partial charge in [0.25, 0.3) is 0 Å². The molecule has 0 unspecified atom stereocenters. The molecule has 0 saturated carbocycles. The number of benzene rings is 1. The van der Waals surface area contributed by atoms with Crippen LogP contribution in [0.3, 0.4) is 0 Å². The minimum Gasteiger partial charge on any atom is -0.237 e. The molecule has 0 fully saturated rings. The molecule has 142 valence electrons. The van der Waals surface area contributed by atoms with Gasteiger partial charge in [-0.2, -0.15) is 5.10 Å². The van der Waals surface area contributed by atoms with Crippen LogP contribution in [-0.4, -0.2) is 29.7 Å². The summed E-state index contributed by atoms with van der Waals surface area (Å²) in [5.41, 5.74) is 4.91. The SMILES string of the molecule is Cc1ccc(S(=O)(=O)NCCc2c(C)nn(-c3ccccn3)c2C)cc1C. The summed E-state index contributed by atoms with van der Waals surface area (Å²) in [6.45, 7) is 8.09. The van der Waals surface area contributed by atoms with Crippen LogP contribution in [0.1, 0.15) is 28.1 Å². The lowest BCUT2D eigenvalue weighted by Gasteiger charge is -2.09. The summed E-state index contributed by atoms with van der Waals surface area (Å²) < 4.78 is 29.6. The van der Waals surface area contributed by atoms with E-state index in [1.54, 1.807) is 23.0 Å². The van der Waals surface area contributed by atoms with E-state index in [1.165, 1.54) is 0 Å². The number of hydrogen-bond acceptors (Lipinski definition) is 4. The van der Waals surface area contributed by atoms with E-state index in [-0.39, 0.29) is 0 Å². The number of aromatic nitrogens is 3. The average Bonchev–Trinajstić information content (AvgIpc) is 2.92. The fraction of sp³-hybridized carbons (Fsp3) is 0.300. The third-order valence-corrected chi connectivity index (χ3v) is 6.22. The lowest BCUT2D eigenvalue weighted by atomic mass is 10.1. The maximum atomic E-state index is 12.5. The van der Waals surface area contributed by atoms with Gasteiger partial charge in [-0.25, -0.2) is 22.8 Å². The Morgan fingerprint density at radius 2 is 1.81 bits per heavy atom. The van der Waals surface area contributed by atoms with Gasteiger partial charge < -0.3 is 0 Å². The molecule has 0 atom stereocenters. The molecule has 0 aliphatic rings. The van der Waals surface area contributed by atoms with Gasteiger partial charge in [-0.1, -0.05) is 12.1 Å². The molecular weight excluding hydrogens is 360 g/mol. The van der Waals surface area contributed by atoms with Crippen molar-refractivity contribution >= 4 is 10.0 Å². The van der Waals surface area contributed by atoms with Gasteiger partial charge in [0, 0.05) is 18.4 Å². The Morgan fingerprint density at radius 3 is 2.48 bits per heavy atom. The molecule has 0 radical (unpaired) electrons. The minimum absolute atomic E-state index is 0.295. The third-order valence-electron chi connectivity index (χ3n) is 4.76. The smallest absolute Gasteiger partial charge is 0.237 e. The summed E-state index contributed by atoms with van der Waals surface area (Å²) in [7, 11) is -3.53. The van der Waals surface area contributed by atoms with Crippen molar-refractivity contribution < 1.29 is 8.42 Å². The number of aryl methyl sites for hydroxylation is 3. The highest BCUT2D eigenvalue weighted by Gasteiger charge is 2.17. The van der Waals surface area contributed by atoms with Crippen LogP contribution in [-0.2, 0) is 16.4 Å². The molecule has 0 aliphatic carbocycles. The lowest BCUT2D eigenvalue weighted by molar-refractivity contribution is 0.581. The van der Waals surface area contributed by atoms with Crippen LogP contribution in [0, 0.1) is 27.7 Å². The van der Waals surface area contributed by atoms with Gasteiger partial charge >= 0.3 is 0 Å². The van der Waals surface area contributed by atoms with Crippen LogP contribution < -0.4 is 4.72 Å². The molecule has 2 aromatic heterocycles. The highest BCUT2D eigenvalue weighted by Crippen LogP contribution is 2.18. The number of rotatable bonds is 6. The summed E-state index contributed by atoms with van der Waals surface area (Å²) in [6, 6.07) is 10.8. The number of hydrogen-bond donors (Lipinski definition) is 1. The molecule has 27 heavy (non-hydrogen) atoms. The van der Waals surface area contributed by atoms with Crippen molar-refractivity contribution in [3.05, 3.63) is 70.7 Å². The molecule has 0 amide bonds. The summed E-state index contributed by atoms with van der Waals surface area (Å²) in [6.07, 6.45) is 2.29. The van der Waals surface area contributed by atoms with Crippen LogP contribution >= 0.6 is 0 Å². The largest absolute Gasteiger partial charge is 0.240 e. The summed E-state index contributed by atoms with van der Waals surface area (Å²) in [4.78, 5) is 4.62. The highest BCUT2D eigenvalue weighted by molar-refractivity contribution is 7.89. The van der Waals surface area contributed by atoms with Crippen molar-refractivity contribution in [2.75, 3.05) is 6.54 Å². The molecular formula is C20H24N4O2S. The fourth-order valence-electron chi connectivity index (χ4n) is 3.01. The van der Waals surface area contributed by atoms with E-state index in [0.29, 0.717) is 17.9 Å². The number of nitrogens with zero attached hydrogens (tertiary/aromatic N) is 3. The Labute approximate surface area is 160 Å². The maximum Gasteiger partial charge on any atom is 0.240 e. The molecule has 1 N–H and O–H groups in total. The van der Waals surface area contributed by atoms with E-state index in [4.69, 9.17) is 0 Å². The first-order chi connectivity index (χ1) is 12.8. The van der Waals surface area contributed by atoms with Crippen LogP contribution in [0.2, 0.25) is 0 Å². The minimum atomic E-state index is -3.53. The first-order valence-electron chi connectivity index (χ1n) is 8.83. The second-order valence-corrected chi connectivity index (χ2v) is 8.41. The van der Waals surface area contributed by atoms with Gasteiger partial charge in [0.15, 0.2) is 5.82 Å². The molecule has 6 nitrogen and oxygen atoms in total. The molecule has 7 heteroatoms. The van der Waals surface area contributed by atoms with E-state index in [0.717, 1.165) is 33.9 Å². The molecule has 0 saturated heterocycles. The zero-order valence-corrected chi connectivity index (χ0v) is 16.8. The Balaban J connectivity index is 1.74. The summed E-state index contributed by atoms with van der Waals surface area (Å²) >= 11 is 0. The van der Waals surface area contributed by atoms with Crippen molar-refractivity contribution in [2.24, 2.45) is 0 Å². The Hall–Kier alpha value is -2.51. The lowest BCUT2D eigenvalue weighted by Crippen LogP contribution is -2.26. The van der Waals surface area contributed by atoms with E-state index >= 15 is 0 Å². The van der Waals surface area contributed by atoms with E-state index < -0.39 is 10.0 Å². The van der Waals surface area contributed by atoms with Gasteiger partial charge in [-0.3, -0.25) is 0 Å². The highest BCUT2D eigenvalue weighted by atomic mass is 32.2. The molecule has 2 heterocycles. The number of nitrogens with one attached hydrogen (secondary N) is 1. The van der Waals surface area contributed by atoms with Crippen LogP contribution in [0.15, 0.2) is 47.5 Å².